The fourth-order valence-corrected chi connectivity index (χ4v) is 6.30. The molecule has 7 heteroatoms. The number of nitrogens with one attached hydrogen (secondary N) is 1. The molecule has 1 fully saturated rings. The van der Waals surface area contributed by atoms with Gasteiger partial charge in [0.05, 0.1) is 10.6 Å². The summed E-state index contributed by atoms with van der Waals surface area (Å²) in [6.07, 6.45) is 1.27. The third kappa shape index (κ3) is 4.84. The highest BCUT2D eigenvalue weighted by molar-refractivity contribution is 8.01. The second-order valence-corrected chi connectivity index (χ2v) is 10.4. The number of rotatable bonds is 8. The van der Waals surface area contributed by atoms with Crippen LogP contribution in [0.5, 0.6) is 0 Å². The van der Waals surface area contributed by atoms with E-state index >= 15 is 0 Å². The number of carbonyl (C=O) groups is 2. The summed E-state index contributed by atoms with van der Waals surface area (Å²) in [4.78, 5) is 29.7. The molecule has 3 aromatic rings. The van der Waals surface area contributed by atoms with Gasteiger partial charge in [0.1, 0.15) is 5.25 Å². The van der Waals surface area contributed by atoms with Crippen molar-refractivity contribution in [3.8, 4) is 0 Å². The van der Waals surface area contributed by atoms with Crippen molar-refractivity contribution < 1.29 is 9.59 Å². The van der Waals surface area contributed by atoms with Crippen molar-refractivity contribution in [2.24, 2.45) is 0 Å². The summed E-state index contributed by atoms with van der Waals surface area (Å²) in [5, 5.41) is 6.94. The van der Waals surface area contributed by atoms with Crippen LogP contribution in [0.25, 0.3) is 0 Å². The minimum Gasteiger partial charge on any atom is -0.372 e. The third-order valence-corrected chi connectivity index (χ3v) is 8.45. The molecule has 2 aromatic carbocycles. The number of hydrogen-bond donors (Lipinski definition) is 1. The molecule has 0 saturated carbocycles. The molecule has 1 aliphatic heterocycles. The van der Waals surface area contributed by atoms with Crippen molar-refractivity contribution in [1.82, 2.24) is 5.32 Å². The van der Waals surface area contributed by atoms with Gasteiger partial charge >= 0.3 is 0 Å². The van der Waals surface area contributed by atoms with Crippen LogP contribution in [0.15, 0.2) is 70.3 Å². The van der Waals surface area contributed by atoms with Crippen molar-refractivity contribution in [3.05, 3.63) is 81.5 Å². The molecule has 4 nitrogen and oxygen atoms in total. The molecule has 0 bridgehead atoms. The summed E-state index contributed by atoms with van der Waals surface area (Å²) in [5.74, 6) is -0.382. The average Bonchev–Trinajstić information content (AvgIpc) is 3.37. The second-order valence-electron chi connectivity index (χ2n) is 8.10. The lowest BCUT2D eigenvalue weighted by atomic mass is 9.77. The van der Waals surface area contributed by atoms with Crippen LogP contribution in [0.3, 0.4) is 0 Å². The maximum Gasteiger partial charge on any atom is 0.242 e. The highest BCUT2D eigenvalue weighted by Gasteiger charge is 2.47. The van der Waals surface area contributed by atoms with E-state index in [4.69, 9.17) is 11.6 Å². The minimum atomic E-state index is -0.869. The quantitative estimate of drug-likeness (QED) is 0.379. The standard InChI is InChI=1S/C26H27ClN2O2S2/c1-3-14-29(4-2)20-11-9-18(10-12-20)26(19-13-15-32-17-19)16-22(30)24(25(31)28-26)33-23-8-6-5-7-21(23)27/h5-13,15,17,24H,3-4,14,16H2,1-2H3,(H,28,31). The van der Waals surface area contributed by atoms with Crippen molar-refractivity contribution in [3.63, 3.8) is 0 Å². The first-order chi connectivity index (χ1) is 16.0. The first kappa shape index (κ1) is 23.9. The zero-order valence-electron chi connectivity index (χ0n) is 18.7. The molecule has 2 atom stereocenters. The molecule has 4 rings (SSSR count). The van der Waals surface area contributed by atoms with Gasteiger partial charge in [-0.05, 0) is 65.6 Å². The number of Topliss-reactive ketones (excluding diaryl/α,β-unsaturated/α-hetero) is 1. The number of carbonyl (C=O) groups excluding carboxylic acids is 2. The topological polar surface area (TPSA) is 49.4 Å². The monoisotopic (exact) mass is 498 g/mol. The van der Waals surface area contributed by atoms with Crippen molar-refractivity contribution >= 4 is 52.1 Å². The minimum absolute atomic E-state index is 0.0971. The highest BCUT2D eigenvalue weighted by atomic mass is 35.5. The molecule has 1 aromatic heterocycles. The molecular weight excluding hydrogens is 472 g/mol. The summed E-state index contributed by atoms with van der Waals surface area (Å²) in [5.41, 5.74) is 2.12. The molecule has 33 heavy (non-hydrogen) atoms. The Balaban J connectivity index is 1.66. The Hall–Kier alpha value is -2.28. The van der Waals surface area contributed by atoms with Gasteiger partial charge in [0.25, 0.3) is 0 Å². The SMILES string of the molecule is CCCN(CC)c1ccc(C2(c3ccsc3)CC(=O)C(Sc3ccccc3Cl)C(=O)N2)cc1. The normalized spacial score (nSPS) is 20.5. The van der Waals surface area contributed by atoms with E-state index in [0.29, 0.717) is 5.02 Å². The van der Waals surface area contributed by atoms with Crippen LogP contribution < -0.4 is 10.2 Å². The molecule has 1 amide bonds. The molecule has 2 heterocycles. The largest absolute Gasteiger partial charge is 0.372 e. The molecular formula is C26H27ClN2O2S2. The van der Waals surface area contributed by atoms with Crippen molar-refractivity contribution in [1.29, 1.82) is 0 Å². The van der Waals surface area contributed by atoms with Crippen molar-refractivity contribution in [2.45, 2.75) is 42.4 Å². The van der Waals surface area contributed by atoms with E-state index in [9.17, 15) is 9.59 Å². The zero-order valence-corrected chi connectivity index (χ0v) is 21.1. The number of ketones is 1. The number of thioether (sulfide) groups is 1. The summed E-state index contributed by atoms with van der Waals surface area (Å²) in [7, 11) is 0. The first-order valence-corrected chi connectivity index (χ1v) is 13.3. The maximum atomic E-state index is 13.4. The molecule has 0 spiro atoms. The van der Waals surface area contributed by atoms with Crippen LogP contribution in [-0.2, 0) is 15.1 Å². The maximum absolute atomic E-state index is 13.4. The number of anilines is 1. The summed E-state index contributed by atoms with van der Waals surface area (Å²) in [6.45, 7) is 6.23. The predicted octanol–water partition coefficient (Wildman–Crippen LogP) is 6.13. The number of thiophene rings is 1. The van der Waals surface area contributed by atoms with E-state index < -0.39 is 10.8 Å². The van der Waals surface area contributed by atoms with E-state index in [1.54, 1.807) is 17.4 Å². The zero-order chi connectivity index (χ0) is 23.4. The fraction of sp³-hybridized carbons (Fsp3) is 0.308. The molecule has 1 saturated heterocycles. The van der Waals surface area contributed by atoms with E-state index in [1.165, 1.54) is 11.8 Å². The molecule has 1 aliphatic rings. The van der Waals surface area contributed by atoms with Gasteiger partial charge in [0, 0.05) is 30.1 Å². The van der Waals surface area contributed by atoms with E-state index in [0.717, 1.165) is 41.2 Å². The van der Waals surface area contributed by atoms with Crippen LogP contribution in [0, 0.1) is 0 Å². The van der Waals surface area contributed by atoms with Crippen LogP contribution in [0.2, 0.25) is 5.02 Å². The van der Waals surface area contributed by atoms with Crippen LogP contribution in [0.4, 0.5) is 5.69 Å². The molecule has 172 valence electrons. The van der Waals surface area contributed by atoms with Gasteiger partial charge in [-0.2, -0.15) is 11.3 Å². The van der Waals surface area contributed by atoms with Gasteiger partial charge in [-0.15, -0.1) is 11.8 Å². The number of hydrogen-bond acceptors (Lipinski definition) is 5. The summed E-state index contributed by atoms with van der Waals surface area (Å²) < 4.78 is 0. The fourth-order valence-electron chi connectivity index (χ4n) is 4.33. The summed E-state index contributed by atoms with van der Waals surface area (Å²) >= 11 is 9.06. The van der Waals surface area contributed by atoms with Crippen LogP contribution in [0.1, 0.15) is 37.8 Å². The summed E-state index contributed by atoms with van der Waals surface area (Å²) in [6, 6.07) is 17.5. The Morgan fingerprint density at radius 1 is 1.09 bits per heavy atom. The highest BCUT2D eigenvalue weighted by Crippen LogP contribution is 2.41. The number of nitrogens with zero attached hydrogens (tertiary/aromatic N) is 1. The van der Waals surface area contributed by atoms with Gasteiger partial charge in [-0.1, -0.05) is 42.8 Å². The van der Waals surface area contributed by atoms with Gasteiger partial charge in [0.2, 0.25) is 5.91 Å². The Labute approximate surface area is 208 Å². The first-order valence-electron chi connectivity index (χ1n) is 11.1. The number of halogens is 1. The van der Waals surface area contributed by atoms with E-state index in [2.05, 4.69) is 36.2 Å². The number of piperidine rings is 1. The Kier molecular flexibility index (Phi) is 7.47. The lowest BCUT2D eigenvalue weighted by molar-refractivity contribution is -0.132. The Morgan fingerprint density at radius 3 is 2.45 bits per heavy atom. The van der Waals surface area contributed by atoms with Gasteiger partial charge < -0.3 is 10.2 Å². The second kappa shape index (κ2) is 10.3. The van der Waals surface area contributed by atoms with Crippen molar-refractivity contribution in [2.75, 3.05) is 18.0 Å². The molecule has 0 aliphatic carbocycles. The van der Waals surface area contributed by atoms with Gasteiger partial charge in [0.15, 0.2) is 5.78 Å². The van der Waals surface area contributed by atoms with E-state index in [-0.39, 0.29) is 18.1 Å². The Bertz CT molecular complexity index is 1100. The number of benzene rings is 2. The molecule has 2 unspecified atom stereocenters. The molecule has 0 radical (unpaired) electrons. The van der Waals surface area contributed by atoms with E-state index in [1.807, 2.05) is 47.2 Å². The number of amides is 1. The molecule has 1 N–H and O–H groups in total. The van der Waals surface area contributed by atoms with Crippen LogP contribution in [-0.4, -0.2) is 30.0 Å². The lowest BCUT2D eigenvalue weighted by Crippen LogP contribution is -2.57. The third-order valence-electron chi connectivity index (χ3n) is 6.00. The lowest BCUT2D eigenvalue weighted by Gasteiger charge is -2.40. The van der Waals surface area contributed by atoms with Gasteiger partial charge in [-0.25, -0.2) is 0 Å². The predicted molar refractivity (Wildman–Crippen MR) is 139 cm³/mol. The van der Waals surface area contributed by atoms with Gasteiger partial charge in [-0.3, -0.25) is 9.59 Å². The Morgan fingerprint density at radius 2 is 1.85 bits per heavy atom. The average molecular weight is 499 g/mol. The smallest absolute Gasteiger partial charge is 0.242 e. The van der Waals surface area contributed by atoms with Crippen LogP contribution >= 0.6 is 34.7 Å².